The van der Waals surface area contributed by atoms with E-state index >= 15 is 4.39 Å². The summed E-state index contributed by atoms with van der Waals surface area (Å²) in [6.45, 7) is 7.43. The molecule has 0 unspecified atom stereocenters. The maximum Gasteiger partial charge on any atom is 0.328 e. The molecule has 0 aliphatic carbocycles. The molecular formula is C43H47ClFN9O2. The van der Waals surface area contributed by atoms with Crippen molar-refractivity contribution in [3.8, 4) is 6.07 Å². The lowest BCUT2D eigenvalue weighted by atomic mass is 9.89. The Labute approximate surface area is 331 Å². The molecule has 13 heteroatoms. The lowest BCUT2D eigenvalue weighted by molar-refractivity contribution is -0.120. The second-order valence-electron chi connectivity index (χ2n) is 16.1. The number of fused-ring (bicyclic) bond motifs is 2. The third kappa shape index (κ3) is 6.85. The number of aryl methyl sites for hydroxylation is 1. The van der Waals surface area contributed by atoms with Crippen molar-refractivity contribution in [2.75, 3.05) is 67.1 Å². The second kappa shape index (κ2) is 15.1. The van der Waals surface area contributed by atoms with Gasteiger partial charge in [-0.1, -0.05) is 23.7 Å². The predicted octanol–water partition coefficient (Wildman–Crippen LogP) is 7.65. The maximum atomic E-state index is 15.2. The van der Waals surface area contributed by atoms with Crippen LogP contribution < -0.4 is 20.0 Å². The van der Waals surface area contributed by atoms with E-state index in [-0.39, 0.29) is 24.6 Å². The van der Waals surface area contributed by atoms with E-state index in [0.717, 1.165) is 93.6 Å². The number of imide groups is 1. The molecule has 4 aliphatic heterocycles. The van der Waals surface area contributed by atoms with Crippen LogP contribution in [0.25, 0.3) is 21.8 Å². The third-order valence-electron chi connectivity index (χ3n) is 12.9. The molecule has 0 spiro atoms. The first-order chi connectivity index (χ1) is 27.2. The number of rotatable bonds is 7. The van der Waals surface area contributed by atoms with E-state index in [1.165, 1.54) is 40.8 Å². The monoisotopic (exact) mass is 775 g/mol. The summed E-state index contributed by atoms with van der Waals surface area (Å²) in [6, 6.07) is 20.1. The van der Waals surface area contributed by atoms with Gasteiger partial charge in [-0.2, -0.15) is 10.4 Å². The van der Waals surface area contributed by atoms with Crippen LogP contribution in [0.2, 0.25) is 5.02 Å². The van der Waals surface area contributed by atoms with Gasteiger partial charge in [0.2, 0.25) is 5.91 Å². The van der Waals surface area contributed by atoms with Crippen LogP contribution in [0.5, 0.6) is 0 Å². The van der Waals surface area contributed by atoms with Crippen molar-refractivity contribution in [3.05, 3.63) is 82.4 Å². The van der Waals surface area contributed by atoms with E-state index < -0.39 is 11.8 Å². The first kappa shape index (κ1) is 36.5. The van der Waals surface area contributed by atoms with Gasteiger partial charge in [-0.25, -0.2) is 9.18 Å². The van der Waals surface area contributed by atoms with Crippen molar-refractivity contribution in [1.82, 2.24) is 25.0 Å². The Morgan fingerprint density at radius 2 is 1.68 bits per heavy atom. The second-order valence-corrected chi connectivity index (χ2v) is 16.5. The standard InChI is InChI=1S/C43H47ClFN9O2/c1-50-37(22-31-21-34(45)39(23-38(31)50)54-20-14-40(55)47-43(54)56)29-12-16-51(17-13-29)25-27-10-18-52(19-11-27)32-6-4-28(5-7-32)30-3-2-15-53(26-30)36-9-8-33(44)41-35(24-46)48-49-42(36)41/h4-9,21-23,27,29-30H,2-3,10-20,25-26H2,1H3,(H,48,49)(H,47,55,56)/t30-/m1/s1. The molecule has 56 heavy (non-hydrogen) atoms. The van der Waals surface area contributed by atoms with E-state index in [1.54, 1.807) is 6.07 Å². The fraction of sp³-hybridized carbons (Fsp3) is 0.442. The van der Waals surface area contributed by atoms with E-state index in [4.69, 9.17) is 11.6 Å². The number of amides is 3. The molecule has 6 heterocycles. The van der Waals surface area contributed by atoms with E-state index in [1.807, 2.05) is 19.2 Å². The van der Waals surface area contributed by atoms with E-state index in [0.29, 0.717) is 33.9 Å². The fourth-order valence-corrected chi connectivity index (χ4v) is 10.0. The van der Waals surface area contributed by atoms with Gasteiger partial charge in [0.25, 0.3) is 0 Å². The Bertz CT molecular complexity index is 2330. The number of nitrogens with zero attached hydrogens (tertiary/aromatic N) is 7. The third-order valence-corrected chi connectivity index (χ3v) is 13.2. The first-order valence-corrected chi connectivity index (χ1v) is 20.4. The van der Waals surface area contributed by atoms with Gasteiger partial charge in [0.05, 0.1) is 32.8 Å². The Hall–Kier alpha value is -5.12. The summed E-state index contributed by atoms with van der Waals surface area (Å²) < 4.78 is 17.4. The molecule has 290 valence electrons. The van der Waals surface area contributed by atoms with Gasteiger partial charge in [-0.3, -0.25) is 20.1 Å². The average molecular weight is 776 g/mol. The van der Waals surface area contributed by atoms with Crippen LogP contribution in [0.1, 0.15) is 73.7 Å². The van der Waals surface area contributed by atoms with E-state index in [9.17, 15) is 14.9 Å². The number of halogens is 2. The largest absolute Gasteiger partial charge is 0.372 e. The van der Waals surface area contributed by atoms with Crippen LogP contribution in [0.4, 0.5) is 26.2 Å². The first-order valence-electron chi connectivity index (χ1n) is 20.0. The zero-order valence-corrected chi connectivity index (χ0v) is 32.5. The van der Waals surface area contributed by atoms with Crippen LogP contribution in [0, 0.1) is 23.1 Å². The van der Waals surface area contributed by atoms with Crippen molar-refractivity contribution in [2.24, 2.45) is 13.0 Å². The lowest BCUT2D eigenvalue weighted by Gasteiger charge is -2.38. The molecule has 5 aromatic rings. The number of likely N-dealkylation sites (tertiary alicyclic amines) is 1. The molecule has 0 bridgehead atoms. The zero-order chi connectivity index (χ0) is 38.5. The summed E-state index contributed by atoms with van der Waals surface area (Å²) >= 11 is 6.46. The van der Waals surface area contributed by atoms with Gasteiger partial charge in [0, 0.05) is 81.3 Å². The summed E-state index contributed by atoms with van der Waals surface area (Å²) in [7, 11) is 2.03. The number of anilines is 3. The van der Waals surface area contributed by atoms with Gasteiger partial charge in [-0.05, 0) is 106 Å². The summed E-state index contributed by atoms with van der Waals surface area (Å²) in [6.07, 6.45) is 6.91. The molecule has 4 saturated heterocycles. The van der Waals surface area contributed by atoms with Gasteiger partial charge in [0.15, 0.2) is 5.69 Å². The zero-order valence-electron chi connectivity index (χ0n) is 31.7. The number of carbonyl (C=O) groups excluding carboxylic acids is 2. The quantitative estimate of drug-likeness (QED) is 0.175. The van der Waals surface area contributed by atoms with Gasteiger partial charge >= 0.3 is 6.03 Å². The van der Waals surface area contributed by atoms with E-state index in [2.05, 4.69) is 71.2 Å². The highest BCUT2D eigenvalue weighted by Gasteiger charge is 2.30. The number of piperidine rings is 3. The number of aromatic amines is 1. The molecule has 4 fully saturated rings. The number of urea groups is 1. The van der Waals surface area contributed by atoms with Crippen LogP contribution >= 0.6 is 11.6 Å². The number of aromatic nitrogens is 3. The number of hydrogen-bond acceptors (Lipinski definition) is 7. The summed E-state index contributed by atoms with van der Waals surface area (Å²) in [5.74, 6) is 0.734. The molecular weight excluding hydrogens is 729 g/mol. The van der Waals surface area contributed by atoms with Crippen LogP contribution in [-0.2, 0) is 11.8 Å². The lowest BCUT2D eigenvalue weighted by Crippen LogP contribution is -2.49. The highest BCUT2D eigenvalue weighted by Crippen LogP contribution is 2.38. The van der Waals surface area contributed by atoms with Gasteiger partial charge < -0.3 is 19.3 Å². The summed E-state index contributed by atoms with van der Waals surface area (Å²) in [5.41, 5.74) is 7.22. The smallest absolute Gasteiger partial charge is 0.328 e. The van der Waals surface area contributed by atoms with Crippen molar-refractivity contribution in [2.45, 2.75) is 56.8 Å². The van der Waals surface area contributed by atoms with Crippen molar-refractivity contribution in [3.63, 3.8) is 0 Å². The number of nitrogens with one attached hydrogen (secondary N) is 2. The molecule has 3 aromatic carbocycles. The summed E-state index contributed by atoms with van der Waals surface area (Å²) in [5, 5.41) is 21.2. The SMILES string of the molecule is Cn1c(C2CCN(CC3CCN(c4ccc([C@@H]5CCCN(c6ccc(Cl)c7c(C#N)n[nH]c67)C5)cc4)CC3)CC2)cc2cc(F)c(N3CCC(=O)NC3=O)cc21. The minimum absolute atomic E-state index is 0.158. The normalized spacial score (nSPS) is 20.6. The molecule has 0 saturated carbocycles. The van der Waals surface area contributed by atoms with Crippen molar-refractivity contribution in [1.29, 1.82) is 5.26 Å². The Kier molecular flexibility index (Phi) is 9.84. The average Bonchev–Trinajstić information content (AvgIpc) is 3.80. The molecule has 0 radical (unpaired) electrons. The van der Waals surface area contributed by atoms with Crippen LogP contribution in [0.15, 0.2) is 54.6 Å². The van der Waals surface area contributed by atoms with Gasteiger partial charge in [0.1, 0.15) is 11.9 Å². The van der Waals surface area contributed by atoms with Crippen LogP contribution in [-0.4, -0.2) is 84.0 Å². The molecule has 4 aliphatic rings. The molecule has 3 amide bonds. The number of H-pyrrole nitrogens is 1. The molecule has 2 aromatic heterocycles. The highest BCUT2D eigenvalue weighted by molar-refractivity contribution is 6.36. The number of benzene rings is 3. The number of carbonyl (C=O) groups is 2. The molecule has 1 atom stereocenters. The highest BCUT2D eigenvalue weighted by atomic mass is 35.5. The molecule has 2 N–H and O–H groups in total. The Morgan fingerprint density at radius 1 is 0.893 bits per heavy atom. The van der Waals surface area contributed by atoms with Crippen molar-refractivity contribution < 1.29 is 14.0 Å². The summed E-state index contributed by atoms with van der Waals surface area (Å²) in [4.78, 5) is 33.0. The maximum absolute atomic E-state index is 15.2. The van der Waals surface area contributed by atoms with Crippen molar-refractivity contribution >= 4 is 62.4 Å². The van der Waals surface area contributed by atoms with Gasteiger partial charge in [-0.15, -0.1) is 0 Å². The van der Waals surface area contributed by atoms with Crippen LogP contribution in [0.3, 0.4) is 0 Å². The number of hydrogen-bond donors (Lipinski definition) is 2. The Balaban J connectivity index is 0.768. The number of nitriles is 1. The predicted molar refractivity (Wildman–Crippen MR) is 218 cm³/mol. The molecule has 9 rings (SSSR count). The Morgan fingerprint density at radius 3 is 2.43 bits per heavy atom. The minimum Gasteiger partial charge on any atom is -0.372 e. The molecule has 11 nitrogen and oxygen atoms in total. The fourth-order valence-electron chi connectivity index (χ4n) is 9.76. The minimum atomic E-state index is -0.574. The topological polar surface area (TPSA) is 117 Å².